The highest BCUT2D eigenvalue weighted by Gasteiger charge is 2.58. The van der Waals surface area contributed by atoms with E-state index < -0.39 is 5.54 Å². The van der Waals surface area contributed by atoms with Crippen LogP contribution in [0.4, 0.5) is 0 Å². The minimum Gasteiger partial charge on any atom is -0.370 e. The first-order valence-electron chi connectivity index (χ1n) is 10.0. The largest absolute Gasteiger partial charge is 0.370 e. The average molecular weight is 386 g/mol. The molecule has 1 spiro atoms. The maximum absolute atomic E-state index is 12.8. The molecule has 0 saturated carbocycles. The van der Waals surface area contributed by atoms with Gasteiger partial charge in [0.25, 0.3) is 0 Å². The highest BCUT2D eigenvalue weighted by Crippen LogP contribution is 2.57. The number of aldehydes is 1. The number of aliphatic imine (C=N–C) groups is 1. The Bertz CT molecular complexity index is 1010. The highest BCUT2D eigenvalue weighted by atomic mass is 16.1. The van der Waals surface area contributed by atoms with Gasteiger partial charge in [0.1, 0.15) is 0 Å². The number of benzene rings is 2. The van der Waals surface area contributed by atoms with E-state index in [4.69, 9.17) is 10.7 Å². The van der Waals surface area contributed by atoms with Gasteiger partial charge < -0.3 is 15.4 Å². The smallest absolute Gasteiger partial charge is 0.192 e. The van der Waals surface area contributed by atoms with E-state index in [1.807, 2.05) is 32.3 Å². The third-order valence-electron chi connectivity index (χ3n) is 6.77. The van der Waals surface area contributed by atoms with E-state index in [1.54, 1.807) is 4.90 Å². The molecular formula is C24H26N4O. The minimum absolute atomic E-state index is 0.327. The van der Waals surface area contributed by atoms with Crippen molar-refractivity contribution >= 4 is 12.2 Å². The van der Waals surface area contributed by atoms with Crippen LogP contribution in [-0.2, 0) is 29.6 Å². The zero-order valence-corrected chi connectivity index (χ0v) is 17.0. The van der Waals surface area contributed by atoms with Crippen LogP contribution in [0.15, 0.2) is 47.5 Å². The van der Waals surface area contributed by atoms with Gasteiger partial charge in [0.15, 0.2) is 17.8 Å². The molecule has 0 bridgehead atoms. The summed E-state index contributed by atoms with van der Waals surface area (Å²) < 4.78 is 0. The molecule has 0 amide bonds. The van der Waals surface area contributed by atoms with Crippen molar-refractivity contribution in [3.8, 4) is 6.07 Å². The van der Waals surface area contributed by atoms with Crippen LogP contribution < -0.4 is 5.73 Å². The SMILES string of the molecule is CN(C)C(N)=N[C@]1(C=O)c2cc(C#N)ccc2CC12CCc1ccccc1CC2. The molecule has 0 aromatic heterocycles. The monoisotopic (exact) mass is 386 g/mol. The minimum atomic E-state index is -1.08. The third kappa shape index (κ3) is 2.91. The Morgan fingerprint density at radius 1 is 1.14 bits per heavy atom. The molecule has 5 nitrogen and oxygen atoms in total. The number of nitriles is 1. The Kier molecular flexibility index (Phi) is 4.66. The number of nitrogens with zero attached hydrogens (tertiary/aromatic N) is 3. The number of hydrogen-bond donors (Lipinski definition) is 1. The molecule has 2 N–H and O–H groups in total. The van der Waals surface area contributed by atoms with Gasteiger partial charge in [-0.25, -0.2) is 4.99 Å². The summed E-state index contributed by atoms with van der Waals surface area (Å²) in [5.74, 6) is 0.327. The fraction of sp³-hybridized carbons (Fsp3) is 0.375. The number of rotatable bonds is 2. The molecule has 0 fully saturated rings. The molecular weight excluding hydrogens is 360 g/mol. The van der Waals surface area contributed by atoms with Crippen LogP contribution in [0.25, 0.3) is 0 Å². The number of fused-ring (bicyclic) bond motifs is 2. The van der Waals surface area contributed by atoms with Crippen LogP contribution >= 0.6 is 0 Å². The summed E-state index contributed by atoms with van der Waals surface area (Å²) >= 11 is 0. The molecule has 2 aliphatic carbocycles. The van der Waals surface area contributed by atoms with Gasteiger partial charge in [-0.3, -0.25) is 0 Å². The summed E-state index contributed by atoms with van der Waals surface area (Å²) in [7, 11) is 3.66. The Balaban J connectivity index is 1.90. The van der Waals surface area contributed by atoms with Crippen molar-refractivity contribution in [2.75, 3.05) is 14.1 Å². The summed E-state index contributed by atoms with van der Waals surface area (Å²) in [6.07, 6.45) is 5.26. The molecule has 2 aliphatic rings. The van der Waals surface area contributed by atoms with Crippen LogP contribution in [0.5, 0.6) is 0 Å². The second-order valence-corrected chi connectivity index (χ2v) is 8.46. The molecule has 5 heteroatoms. The summed E-state index contributed by atoms with van der Waals surface area (Å²) in [5.41, 5.74) is 9.99. The molecule has 0 radical (unpaired) electrons. The number of aryl methyl sites for hydroxylation is 2. The van der Waals surface area contributed by atoms with Crippen LogP contribution in [0, 0.1) is 16.7 Å². The summed E-state index contributed by atoms with van der Waals surface area (Å²) in [5, 5.41) is 9.44. The van der Waals surface area contributed by atoms with E-state index in [0.717, 1.165) is 49.5 Å². The van der Waals surface area contributed by atoms with E-state index >= 15 is 0 Å². The van der Waals surface area contributed by atoms with E-state index in [9.17, 15) is 10.1 Å². The Labute approximate surface area is 171 Å². The maximum atomic E-state index is 12.8. The van der Waals surface area contributed by atoms with Gasteiger partial charge in [0, 0.05) is 19.5 Å². The number of carbonyl (C=O) groups is 1. The number of guanidine groups is 1. The predicted molar refractivity (Wildman–Crippen MR) is 113 cm³/mol. The molecule has 29 heavy (non-hydrogen) atoms. The first kappa shape index (κ1) is 19.2. The molecule has 0 saturated heterocycles. The molecule has 2 aromatic carbocycles. The van der Waals surface area contributed by atoms with Crippen molar-refractivity contribution in [1.29, 1.82) is 5.26 Å². The molecule has 1 atom stereocenters. The van der Waals surface area contributed by atoms with Crippen molar-refractivity contribution in [1.82, 2.24) is 4.90 Å². The molecule has 4 rings (SSSR count). The third-order valence-corrected chi connectivity index (χ3v) is 6.77. The number of nitrogens with two attached hydrogens (primary N) is 1. The van der Waals surface area contributed by atoms with Gasteiger partial charge in [-0.05, 0) is 66.5 Å². The van der Waals surface area contributed by atoms with Crippen molar-refractivity contribution in [2.45, 2.75) is 37.6 Å². The quantitative estimate of drug-likeness (QED) is 0.489. The zero-order valence-electron chi connectivity index (χ0n) is 17.0. The lowest BCUT2D eigenvalue weighted by Gasteiger charge is -2.40. The first-order chi connectivity index (χ1) is 13.9. The summed E-state index contributed by atoms with van der Waals surface area (Å²) in [4.78, 5) is 19.4. The lowest BCUT2D eigenvalue weighted by atomic mass is 9.66. The maximum Gasteiger partial charge on any atom is 0.192 e. The predicted octanol–water partition coefficient (Wildman–Crippen LogP) is 2.95. The van der Waals surface area contributed by atoms with E-state index in [-0.39, 0.29) is 5.41 Å². The number of hydrogen-bond acceptors (Lipinski definition) is 3. The molecule has 0 unspecified atom stereocenters. The van der Waals surface area contributed by atoms with Gasteiger partial charge >= 0.3 is 0 Å². The first-order valence-corrected chi connectivity index (χ1v) is 10.0. The van der Waals surface area contributed by atoms with Gasteiger partial charge in [-0.1, -0.05) is 30.3 Å². The van der Waals surface area contributed by atoms with Crippen molar-refractivity contribution in [3.63, 3.8) is 0 Å². The van der Waals surface area contributed by atoms with Crippen LogP contribution in [0.3, 0.4) is 0 Å². The molecule has 2 aromatic rings. The van der Waals surface area contributed by atoms with Gasteiger partial charge in [0.05, 0.1) is 11.6 Å². The van der Waals surface area contributed by atoms with Crippen LogP contribution in [0.2, 0.25) is 0 Å². The molecule has 148 valence electrons. The molecule has 0 heterocycles. The molecule has 0 aliphatic heterocycles. The Morgan fingerprint density at radius 2 is 1.79 bits per heavy atom. The topological polar surface area (TPSA) is 82.5 Å². The van der Waals surface area contributed by atoms with Crippen molar-refractivity contribution in [2.24, 2.45) is 16.1 Å². The highest BCUT2D eigenvalue weighted by molar-refractivity contribution is 5.84. The van der Waals surface area contributed by atoms with Crippen molar-refractivity contribution in [3.05, 3.63) is 70.3 Å². The van der Waals surface area contributed by atoms with Crippen LogP contribution in [0.1, 0.15) is 40.7 Å². The van der Waals surface area contributed by atoms with Crippen LogP contribution in [-0.4, -0.2) is 31.2 Å². The second kappa shape index (κ2) is 7.04. The summed E-state index contributed by atoms with van der Waals surface area (Å²) in [6, 6.07) is 16.4. The van der Waals surface area contributed by atoms with E-state index in [1.165, 1.54) is 11.1 Å². The van der Waals surface area contributed by atoms with Gasteiger partial charge in [-0.2, -0.15) is 5.26 Å². The fourth-order valence-electron chi connectivity index (χ4n) is 5.09. The van der Waals surface area contributed by atoms with E-state index in [2.05, 4.69) is 30.3 Å². The lowest BCUT2D eigenvalue weighted by Crippen LogP contribution is -2.46. The Hall–Kier alpha value is -3.13. The van der Waals surface area contributed by atoms with Gasteiger partial charge in [-0.15, -0.1) is 0 Å². The Morgan fingerprint density at radius 3 is 2.34 bits per heavy atom. The summed E-state index contributed by atoms with van der Waals surface area (Å²) in [6.45, 7) is 0. The zero-order chi connectivity index (χ0) is 20.6. The normalized spacial score (nSPS) is 22.3. The second-order valence-electron chi connectivity index (χ2n) is 8.46. The van der Waals surface area contributed by atoms with Crippen molar-refractivity contribution < 1.29 is 4.79 Å². The van der Waals surface area contributed by atoms with E-state index in [0.29, 0.717) is 11.5 Å². The fourth-order valence-corrected chi connectivity index (χ4v) is 5.09. The average Bonchev–Trinajstić information content (AvgIpc) is 2.85. The lowest BCUT2D eigenvalue weighted by molar-refractivity contribution is -0.117. The standard InChI is InChI=1S/C24H26N4O/c1-28(2)22(26)27-24(16-29)21-13-17(15-25)7-8-20(21)14-23(24)11-9-18-5-3-4-6-19(18)10-12-23/h3-8,13,16H,9-12,14H2,1-2H3,(H2,26,27)/t24-/m1/s1. The van der Waals surface area contributed by atoms with Gasteiger partial charge in [0.2, 0.25) is 0 Å². The number of carbonyl (C=O) groups excluding carboxylic acids is 1.